The van der Waals surface area contributed by atoms with Gasteiger partial charge < -0.3 is 19.1 Å². The molecule has 2 aromatic carbocycles. The fourth-order valence-corrected chi connectivity index (χ4v) is 5.63. The number of hydrogen-bond acceptors (Lipinski definition) is 4. The van der Waals surface area contributed by atoms with Crippen LogP contribution in [0, 0.1) is 5.92 Å². The van der Waals surface area contributed by atoms with Gasteiger partial charge in [0, 0.05) is 35.9 Å². The molecule has 0 N–H and O–H groups in total. The highest BCUT2D eigenvalue weighted by atomic mass is 35.5. The summed E-state index contributed by atoms with van der Waals surface area (Å²) in [4.78, 5) is 2.67. The van der Waals surface area contributed by atoms with Crippen LogP contribution < -0.4 is 0 Å². The van der Waals surface area contributed by atoms with Gasteiger partial charge in [-0.25, -0.2) is 0 Å². The first-order chi connectivity index (χ1) is 15.7. The Kier molecular flexibility index (Phi) is 6.61. The van der Waals surface area contributed by atoms with Gasteiger partial charge in [-0.1, -0.05) is 60.5 Å². The van der Waals surface area contributed by atoms with Crippen LogP contribution in [0.15, 0.2) is 66.8 Å². The molecule has 0 aromatic heterocycles. The van der Waals surface area contributed by atoms with E-state index in [-0.39, 0.29) is 18.3 Å². The Morgan fingerprint density at radius 1 is 1.06 bits per heavy atom. The Morgan fingerprint density at radius 2 is 1.88 bits per heavy atom. The van der Waals surface area contributed by atoms with Gasteiger partial charge in [0.05, 0.1) is 0 Å². The molecule has 5 heteroatoms. The zero-order valence-electron chi connectivity index (χ0n) is 18.5. The lowest BCUT2D eigenvalue weighted by atomic mass is 9.64. The lowest BCUT2D eigenvalue weighted by Gasteiger charge is -2.48. The number of benzene rings is 2. The van der Waals surface area contributed by atoms with Crippen molar-refractivity contribution in [3.8, 4) is 0 Å². The van der Waals surface area contributed by atoms with Gasteiger partial charge >= 0.3 is 5.95 Å². The summed E-state index contributed by atoms with van der Waals surface area (Å²) in [6, 6.07) is 19.2. The van der Waals surface area contributed by atoms with Crippen LogP contribution in [-0.4, -0.2) is 37.4 Å². The SMILES string of the molecule is Clc1ccc(C2(CN3CCC[C@@H](C(Cc4ccccc4)OC4=COCO4)C3)CCC2)cc1. The average molecular weight is 454 g/mol. The molecule has 2 aliphatic heterocycles. The lowest BCUT2D eigenvalue weighted by molar-refractivity contribution is -0.0532. The number of halogens is 1. The third-order valence-electron chi connectivity index (χ3n) is 7.36. The maximum Gasteiger partial charge on any atom is 0.318 e. The van der Waals surface area contributed by atoms with E-state index in [0.29, 0.717) is 11.9 Å². The zero-order valence-corrected chi connectivity index (χ0v) is 19.3. The molecule has 3 aliphatic rings. The topological polar surface area (TPSA) is 30.9 Å². The highest BCUT2D eigenvalue weighted by Gasteiger charge is 2.41. The van der Waals surface area contributed by atoms with Gasteiger partial charge in [0.25, 0.3) is 0 Å². The van der Waals surface area contributed by atoms with Crippen molar-refractivity contribution in [1.82, 2.24) is 4.90 Å². The Labute approximate surface area is 196 Å². The van der Waals surface area contributed by atoms with E-state index >= 15 is 0 Å². The molecule has 1 saturated carbocycles. The van der Waals surface area contributed by atoms with Crippen LogP contribution in [0.1, 0.15) is 43.2 Å². The van der Waals surface area contributed by atoms with E-state index in [9.17, 15) is 0 Å². The molecule has 1 saturated heterocycles. The van der Waals surface area contributed by atoms with E-state index < -0.39 is 0 Å². The van der Waals surface area contributed by atoms with Crippen molar-refractivity contribution in [3.05, 3.63) is 83.0 Å². The molecular weight excluding hydrogens is 422 g/mol. The molecule has 1 unspecified atom stereocenters. The normalized spacial score (nSPS) is 23.4. The second kappa shape index (κ2) is 9.76. The maximum atomic E-state index is 6.34. The van der Waals surface area contributed by atoms with Crippen LogP contribution in [0.2, 0.25) is 5.02 Å². The molecule has 2 atom stereocenters. The average Bonchev–Trinajstić information content (AvgIpc) is 3.31. The van der Waals surface area contributed by atoms with Crippen LogP contribution in [-0.2, 0) is 26.0 Å². The Hall–Kier alpha value is -2.17. The lowest BCUT2D eigenvalue weighted by Crippen LogP contribution is -2.50. The fourth-order valence-electron chi connectivity index (χ4n) is 5.50. The monoisotopic (exact) mass is 453 g/mol. The van der Waals surface area contributed by atoms with Gasteiger partial charge in [-0.05, 0) is 55.5 Å². The molecule has 2 aromatic rings. The minimum absolute atomic E-state index is 0.0704. The summed E-state index contributed by atoms with van der Waals surface area (Å²) >= 11 is 6.16. The fraction of sp³-hybridized carbons (Fsp3) is 0.481. The number of hydrogen-bond donors (Lipinski definition) is 0. The molecule has 1 aliphatic carbocycles. The summed E-state index contributed by atoms with van der Waals surface area (Å²) in [5.74, 6) is 0.969. The van der Waals surface area contributed by atoms with Crippen molar-refractivity contribution in [2.45, 2.75) is 50.0 Å². The van der Waals surface area contributed by atoms with Gasteiger partial charge in [0.2, 0.25) is 6.79 Å². The minimum atomic E-state index is 0.0704. The van der Waals surface area contributed by atoms with Crippen LogP contribution >= 0.6 is 11.6 Å². The summed E-state index contributed by atoms with van der Waals surface area (Å²) in [6.07, 6.45) is 8.76. The van der Waals surface area contributed by atoms with Gasteiger partial charge in [0.1, 0.15) is 6.10 Å². The van der Waals surface area contributed by atoms with E-state index in [4.69, 9.17) is 25.8 Å². The molecule has 4 nitrogen and oxygen atoms in total. The standard InChI is InChI=1S/C27H32ClNO3/c28-24-11-9-23(10-12-24)27(13-5-14-27)19-29-15-4-8-22(17-29)25(32-26-18-30-20-31-26)16-21-6-2-1-3-7-21/h1-3,6-7,9-12,18,22,25H,4-5,8,13-17,19-20H2/t22-,25?/m1/s1. The molecule has 2 heterocycles. The van der Waals surface area contributed by atoms with E-state index in [1.807, 2.05) is 12.1 Å². The van der Waals surface area contributed by atoms with Crippen molar-refractivity contribution >= 4 is 11.6 Å². The maximum absolute atomic E-state index is 6.34. The van der Waals surface area contributed by atoms with Gasteiger partial charge in [-0.2, -0.15) is 0 Å². The number of ether oxygens (including phenoxy) is 3. The molecule has 5 rings (SSSR count). The Bertz CT molecular complexity index is 910. The van der Waals surface area contributed by atoms with Crippen LogP contribution in [0.5, 0.6) is 0 Å². The molecule has 0 bridgehead atoms. The molecule has 0 radical (unpaired) electrons. The van der Waals surface area contributed by atoms with Gasteiger partial charge in [0.15, 0.2) is 6.26 Å². The third-order valence-corrected chi connectivity index (χ3v) is 7.61. The van der Waals surface area contributed by atoms with E-state index in [1.54, 1.807) is 6.26 Å². The van der Waals surface area contributed by atoms with Crippen molar-refractivity contribution < 1.29 is 14.2 Å². The number of nitrogens with zero attached hydrogens (tertiary/aromatic N) is 1. The summed E-state index contributed by atoms with van der Waals surface area (Å²) in [5.41, 5.74) is 3.01. The zero-order chi connectivity index (χ0) is 21.8. The largest absolute Gasteiger partial charge is 0.459 e. The summed E-state index contributed by atoms with van der Waals surface area (Å²) in [5, 5.41) is 0.814. The predicted molar refractivity (Wildman–Crippen MR) is 126 cm³/mol. The summed E-state index contributed by atoms with van der Waals surface area (Å²) in [7, 11) is 0. The minimum Gasteiger partial charge on any atom is -0.459 e. The second-order valence-electron chi connectivity index (χ2n) is 9.49. The summed E-state index contributed by atoms with van der Waals surface area (Å²) in [6.45, 7) is 3.58. The first-order valence-corrected chi connectivity index (χ1v) is 12.2. The van der Waals surface area contributed by atoms with Crippen LogP contribution in [0.4, 0.5) is 0 Å². The first kappa shape index (κ1) is 21.7. The summed E-state index contributed by atoms with van der Waals surface area (Å²) < 4.78 is 17.1. The smallest absolute Gasteiger partial charge is 0.318 e. The Morgan fingerprint density at radius 3 is 2.56 bits per heavy atom. The molecule has 32 heavy (non-hydrogen) atoms. The van der Waals surface area contributed by atoms with E-state index in [2.05, 4.69) is 47.4 Å². The number of rotatable bonds is 8. The van der Waals surface area contributed by atoms with Crippen LogP contribution in [0.3, 0.4) is 0 Å². The highest BCUT2D eigenvalue weighted by molar-refractivity contribution is 6.30. The highest BCUT2D eigenvalue weighted by Crippen LogP contribution is 2.45. The van der Waals surface area contributed by atoms with Gasteiger partial charge in [-0.3, -0.25) is 0 Å². The van der Waals surface area contributed by atoms with Crippen molar-refractivity contribution in [2.75, 3.05) is 26.4 Å². The molecule has 2 fully saturated rings. The Balaban J connectivity index is 1.29. The van der Waals surface area contributed by atoms with Crippen molar-refractivity contribution in [2.24, 2.45) is 5.92 Å². The molecular formula is C27H32ClNO3. The first-order valence-electron chi connectivity index (χ1n) is 11.8. The third kappa shape index (κ3) is 4.92. The van der Waals surface area contributed by atoms with E-state index in [1.165, 1.54) is 43.2 Å². The number of piperidine rings is 1. The van der Waals surface area contributed by atoms with Crippen molar-refractivity contribution in [1.29, 1.82) is 0 Å². The predicted octanol–water partition coefficient (Wildman–Crippen LogP) is 5.90. The second-order valence-corrected chi connectivity index (χ2v) is 9.93. The molecule has 0 spiro atoms. The number of likely N-dealkylation sites (tertiary alicyclic amines) is 1. The molecule has 170 valence electrons. The molecule has 0 amide bonds. The van der Waals surface area contributed by atoms with Crippen LogP contribution in [0.25, 0.3) is 0 Å². The quantitative estimate of drug-likeness (QED) is 0.497. The van der Waals surface area contributed by atoms with Gasteiger partial charge in [-0.15, -0.1) is 0 Å². The van der Waals surface area contributed by atoms with E-state index in [0.717, 1.165) is 31.1 Å². The van der Waals surface area contributed by atoms with Crippen molar-refractivity contribution in [3.63, 3.8) is 0 Å².